The highest BCUT2D eigenvalue weighted by atomic mass is 19.4. The Labute approximate surface area is 95.2 Å². The predicted molar refractivity (Wildman–Crippen MR) is 61.4 cm³/mol. The Balaban J connectivity index is 2.46. The van der Waals surface area contributed by atoms with Gasteiger partial charge in [0.05, 0.1) is 0 Å². The van der Waals surface area contributed by atoms with E-state index in [1.165, 1.54) is 0 Å². The number of hydrogen-bond donors (Lipinski definition) is 0. The molecule has 1 aliphatic heterocycles. The summed E-state index contributed by atoms with van der Waals surface area (Å²) in [6.45, 7) is -0.326. The van der Waals surface area contributed by atoms with Crippen molar-refractivity contribution in [3.8, 4) is 0 Å². The molecule has 0 aromatic heterocycles. The second-order valence-electron chi connectivity index (χ2n) is 4.73. The van der Waals surface area contributed by atoms with Crippen LogP contribution in [0, 0.1) is 0 Å². The minimum Gasteiger partial charge on any atom is -0.445 e. The molecule has 1 saturated heterocycles. The Morgan fingerprint density at radius 1 is 1.44 bits per heavy atom. The van der Waals surface area contributed by atoms with Gasteiger partial charge in [-0.2, -0.15) is 0 Å². The molecule has 0 bridgehead atoms. The molecule has 1 heterocycles. The minimum absolute atomic E-state index is 0.0339. The Hall–Kier alpha value is -0.485. The van der Waals surface area contributed by atoms with Gasteiger partial charge in [0.25, 0.3) is 0 Å². The smallest absolute Gasteiger partial charge is 0.445 e. The summed E-state index contributed by atoms with van der Waals surface area (Å²) in [5, 5.41) is 0. The molecule has 1 unspecified atom stereocenters. The van der Waals surface area contributed by atoms with E-state index in [2.05, 4.69) is 11.5 Å². The molecular weight excluding hydrogens is 216 g/mol. The average molecular weight is 235 g/mol. The molecule has 0 spiro atoms. The van der Waals surface area contributed by atoms with Gasteiger partial charge in [0.15, 0.2) is 0 Å². The van der Waals surface area contributed by atoms with Crippen LogP contribution in [0.3, 0.4) is 0 Å². The van der Waals surface area contributed by atoms with Crippen LogP contribution in [0.4, 0.5) is 12.9 Å². The Kier molecular flexibility index (Phi) is 4.44. The van der Waals surface area contributed by atoms with Crippen LogP contribution in [0.1, 0.15) is 12.8 Å². The van der Waals surface area contributed by atoms with Crippen LogP contribution in [0.2, 0.25) is 0 Å². The van der Waals surface area contributed by atoms with Gasteiger partial charge in [0.1, 0.15) is 0 Å². The van der Waals surface area contributed by atoms with Crippen LogP contribution in [-0.2, 0) is 0 Å². The molecule has 0 aromatic carbocycles. The summed E-state index contributed by atoms with van der Waals surface area (Å²) in [4.78, 5) is 3.93. The van der Waals surface area contributed by atoms with E-state index in [0.29, 0.717) is 12.6 Å². The molecule has 0 saturated carbocycles. The third-order valence-electron chi connectivity index (χ3n) is 3.10. The van der Waals surface area contributed by atoms with E-state index < -0.39 is 12.4 Å². The number of likely N-dealkylation sites (tertiary alicyclic amines) is 1. The molecule has 16 heavy (non-hydrogen) atoms. The maximum absolute atomic E-state index is 12.4. The van der Waals surface area contributed by atoms with Gasteiger partial charge in [0.2, 0.25) is 0 Å². The fourth-order valence-corrected chi connectivity index (χ4v) is 1.99. The molecule has 0 radical (unpaired) electrons. The number of halogens is 3. The maximum Gasteiger partial charge on any atom is 0.506 e. The van der Waals surface area contributed by atoms with E-state index in [1.807, 2.05) is 19.0 Å². The lowest BCUT2D eigenvalue weighted by Gasteiger charge is -2.37. The first-order valence-electron chi connectivity index (χ1n) is 5.57. The Morgan fingerprint density at radius 2 is 2.06 bits per heavy atom. The zero-order valence-electron chi connectivity index (χ0n) is 9.93. The van der Waals surface area contributed by atoms with Crippen LogP contribution < -0.4 is 0 Å². The highest BCUT2D eigenvalue weighted by Crippen LogP contribution is 2.21. The SMILES string of the molecule is C=C(CN1CCCC(N(C)C)C1)[B-](F)(F)F. The summed E-state index contributed by atoms with van der Waals surface area (Å²) in [5.41, 5.74) is -0.584. The van der Waals surface area contributed by atoms with Crippen molar-refractivity contribution in [3.05, 3.63) is 12.1 Å². The molecule has 6 heteroatoms. The van der Waals surface area contributed by atoms with Crippen LogP contribution in [-0.4, -0.2) is 56.5 Å². The predicted octanol–water partition coefficient (Wildman–Crippen LogP) is 1.96. The fraction of sp³-hybridized carbons (Fsp3) is 0.800. The molecule has 0 aliphatic carbocycles. The van der Waals surface area contributed by atoms with Gasteiger partial charge in [-0.1, -0.05) is 0 Å². The molecule has 0 aromatic rings. The molecule has 0 N–H and O–H groups in total. The summed E-state index contributed by atoms with van der Waals surface area (Å²) in [5.74, 6) is 0. The van der Waals surface area contributed by atoms with E-state index in [1.54, 1.807) is 0 Å². The first-order chi connectivity index (χ1) is 7.30. The quantitative estimate of drug-likeness (QED) is 0.687. The lowest BCUT2D eigenvalue weighted by atomic mass is 9.80. The second-order valence-corrected chi connectivity index (χ2v) is 4.73. The third-order valence-corrected chi connectivity index (χ3v) is 3.10. The lowest BCUT2D eigenvalue weighted by Crippen LogP contribution is -2.46. The van der Waals surface area contributed by atoms with Crippen molar-refractivity contribution >= 4 is 6.98 Å². The topological polar surface area (TPSA) is 6.48 Å². The molecule has 2 nitrogen and oxygen atoms in total. The minimum atomic E-state index is -4.88. The van der Waals surface area contributed by atoms with Crippen molar-refractivity contribution in [2.24, 2.45) is 0 Å². The van der Waals surface area contributed by atoms with Crippen LogP contribution in [0.5, 0.6) is 0 Å². The summed E-state index contributed by atoms with van der Waals surface area (Å²) >= 11 is 0. The van der Waals surface area contributed by atoms with Crippen molar-refractivity contribution in [2.45, 2.75) is 18.9 Å². The summed E-state index contributed by atoms with van der Waals surface area (Å²) in [6, 6.07) is 0.363. The number of rotatable bonds is 4. The normalized spacial score (nSPS) is 23.8. The summed E-state index contributed by atoms with van der Waals surface area (Å²) < 4.78 is 37.2. The van der Waals surface area contributed by atoms with E-state index in [4.69, 9.17) is 0 Å². The van der Waals surface area contributed by atoms with Crippen LogP contribution in [0.25, 0.3) is 0 Å². The molecule has 94 valence electrons. The second kappa shape index (κ2) is 5.23. The fourth-order valence-electron chi connectivity index (χ4n) is 1.99. The van der Waals surface area contributed by atoms with Crippen LogP contribution in [0.15, 0.2) is 12.1 Å². The zero-order chi connectivity index (χ0) is 12.3. The molecule has 1 atom stereocenters. The number of hydrogen-bond acceptors (Lipinski definition) is 2. The molecular formula is C10H19BF3N2-. The van der Waals surface area contributed by atoms with Gasteiger partial charge in [-0.15, -0.1) is 12.1 Å². The van der Waals surface area contributed by atoms with Crippen LogP contribution >= 0.6 is 0 Å². The van der Waals surface area contributed by atoms with Crippen molar-refractivity contribution in [3.63, 3.8) is 0 Å². The monoisotopic (exact) mass is 235 g/mol. The van der Waals surface area contributed by atoms with Gasteiger partial charge in [-0.3, -0.25) is 0 Å². The highest BCUT2D eigenvalue weighted by molar-refractivity contribution is 6.66. The van der Waals surface area contributed by atoms with E-state index >= 15 is 0 Å². The number of likely N-dealkylation sites (N-methyl/N-ethyl adjacent to an activating group) is 1. The Bertz CT molecular complexity index is 253. The summed E-state index contributed by atoms with van der Waals surface area (Å²) in [6.07, 6.45) is 2.02. The van der Waals surface area contributed by atoms with E-state index in [9.17, 15) is 12.9 Å². The average Bonchev–Trinajstić information content (AvgIpc) is 2.16. The first-order valence-corrected chi connectivity index (χ1v) is 5.57. The zero-order valence-corrected chi connectivity index (χ0v) is 9.93. The van der Waals surface area contributed by atoms with Gasteiger partial charge < -0.3 is 22.7 Å². The third kappa shape index (κ3) is 3.83. The summed E-state index contributed by atoms with van der Waals surface area (Å²) in [7, 11) is 3.94. The van der Waals surface area contributed by atoms with Crippen molar-refractivity contribution in [2.75, 3.05) is 33.7 Å². The van der Waals surface area contributed by atoms with Crippen molar-refractivity contribution in [1.82, 2.24) is 9.80 Å². The first kappa shape index (κ1) is 13.6. The molecule has 1 fully saturated rings. The maximum atomic E-state index is 12.4. The van der Waals surface area contributed by atoms with Crippen molar-refractivity contribution < 1.29 is 12.9 Å². The lowest BCUT2D eigenvalue weighted by molar-refractivity contribution is 0.142. The number of piperidine rings is 1. The van der Waals surface area contributed by atoms with Gasteiger partial charge in [-0.25, -0.2) is 0 Å². The van der Waals surface area contributed by atoms with Gasteiger partial charge in [0, 0.05) is 12.6 Å². The van der Waals surface area contributed by atoms with Gasteiger partial charge in [-0.05, 0) is 40.0 Å². The molecule has 1 rings (SSSR count). The standard InChI is InChI=1S/C10H19BF3N2/c1-9(11(12,13)14)7-16-6-4-5-10(8-16)15(2)3/h10H,1,4-8H2,2-3H3/q-1. The largest absolute Gasteiger partial charge is 0.506 e. The van der Waals surface area contributed by atoms with E-state index in [0.717, 1.165) is 19.4 Å². The molecule has 1 aliphatic rings. The van der Waals surface area contributed by atoms with Crippen molar-refractivity contribution in [1.29, 1.82) is 0 Å². The van der Waals surface area contributed by atoms with Gasteiger partial charge >= 0.3 is 6.98 Å². The van der Waals surface area contributed by atoms with E-state index in [-0.39, 0.29) is 6.54 Å². The Morgan fingerprint density at radius 3 is 2.56 bits per heavy atom. The molecule has 0 amide bonds. The highest BCUT2D eigenvalue weighted by Gasteiger charge is 2.29. The number of nitrogens with zero attached hydrogens (tertiary/aromatic N) is 2.